The van der Waals surface area contributed by atoms with Crippen molar-refractivity contribution in [2.75, 3.05) is 5.32 Å². The minimum absolute atomic E-state index is 0.119. The fraction of sp³-hybridized carbons (Fsp3) is 0. The van der Waals surface area contributed by atoms with E-state index in [1.807, 2.05) is 0 Å². The van der Waals surface area contributed by atoms with Crippen molar-refractivity contribution in [3.8, 4) is 0 Å². The van der Waals surface area contributed by atoms with Crippen LogP contribution < -0.4 is 10.6 Å². The minimum Gasteiger partial charge on any atom is -0.465 e. The number of guanidine groups is 1. The Morgan fingerprint density at radius 2 is 2.07 bits per heavy atom. The molecule has 0 bridgehead atoms. The average molecular weight is 197 g/mol. The van der Waals surface area contributed by atoms with Gasteiger partial charge in [-0.2, -0.15) is 0 Å². The average Bonchev–Trinajstić information content (AvgIpc) is 2.17. The molecule has 14 heavy (non-hydrogen) atoms. The van der Waals surface area contributed by atoms with Crippen LogP contribution in [0.25, 0.3) is 0 Å². The third-order valence-electron chi connectivity index (χ3n) is 1.12. The Bertz CT molecular complexity index is 339. The van der Waals surface area contributed by atoms with Gasteiger partial charge >= 0.3 is 6.09 Å². The van der Waals surface area contributed by atoms with Crippen molar-refractivity contribution in [1.82, 2.24) is 15.3 Å². The van der Waals surface area contributed by atoms with Gasteiger partial charge in [0.1, 0.15) is 0 Å². The molecular weight excluding hydrogens is 190 g/mol. The number of rotatable bonds is 1. The summed E-state index contributed by atoms with van der Waals surface area (Å²) in [5, 5.41) is 23.5. The third kappa shape index (κ3) is 2.93. The van der Waals surface area contributed by atoms with Crippen molar-refractivity contribution < 1.29 is 15.1 Å². The molecule has 0 atom stereocenters. The molecule has 1 aromatic heterocycles. The molecular formula is C6H7N5O3. The van der Waals surface area contributed by atoms with Gasteiger partial charge in [-0.3, -0.25) is 10.6 Å². The molecule has 74 valence electrons. The van der Waals surface area contributed by atoms with E-state index in [0.29, 0.717) is 0 Å². The molecule has 0 spiro atoms. The first-order chi connectivity index (χ1) is 6.72. The topological polar surface area (TPSA) is 120 Å². The first-order valence-corrected chi connectivity index (χ1v) is 3.48. The second-order valence-corrected chi connectivity index (χ2v) is 2.08. The molecule has 1 aromatic rings. The quantitative estimate of drug-likeness (QED) is 0.216. The Balaban J connectivity index is 2.63. The summed E-state index contributed by atoms with van der Waals surface area (Å²) in [6.07, 6.45) is 1.54. The first-order valence-electron chi connectivity index (χ1n) is 3.48. The normalized spacial score (nSPS) is 10.7. The Hall–Kier alpha value is -2.38. The van der Waals surface area contributed by atoms with Crippen LogP contribution in [0.2, 0.25) is 0 Å². The van der Waals surface area contributed by atoms with Gasteiger partial charge in [-0.25, -0.2) is 14.8 Å². The molecule has 0 aliphatic heterocycles. The number of nitrogens with one attached hydrogen (secondary N) is 2. The van der Waals surface area contributed by atoms with Crippen molar-refractivity contribution in [2.24, 2.45) is 5.16 Å². The zero-order chi connectivity index (χ0) is 10.4. The molecule has 0 unspecified atom stereocenters. The van der Waals surface area contributed by atoms with Crippen molar-refractivity contribution >= 4 is 18.0 Å². The predicted octanol–water partition coefficient (Wildman–Crippen LogP) is -0.0987. The smallest absolute Gasteiger partial charge is 0.411 e. The first kappa shape index (κ1) is 9.71. The van der Waals surface area contributed by atoms with E-state index in [9.17, 15) is 4.79 Å². The highest BCUT2D eigenvalue weighted by molar-refractivity contribution is 6.00. The van der Waals surface area contributed by atoms with E-state index in [0.717, 1.165) is 0 Å². The second kappa shape index (κ2) is 4.60. The Kier molecular flexibility index (Phi) is 3.19. The number of carbonyl (C=O) groups is 1. The van der Waals surface area contributed by atoms with Crippen molar-refractivity contribution in [3.63, 3.8) is 0 Å². The molecule has 1 amide bonds. The van der Waals surface area contributed by atoms with E-state index in [4.69, 9.17) is 10.3 Å². The van der Waals surface area contributed by atoms with Crippen LogP contribution in [0.15, 0.2) is 23.6 Å². The lowest BCUT2D eigenvalue weighted by Crippen LogP contribution is -2.35. The molecule has 8 nitrogen and oxygen atoms in total. The number of hydrogen-bond acceptors (Lipinski definition) is 5. The number of hydrogen-bond donors (Lipinski definition) is 4. The SMILES string of the molecule is O=C(O)N/C(=N/O)Nc1ncccn1. The van der Waals surface area contributed by atoms with Crippen LogP contribution in [0.4, 0.5) is 10.7 Å². The van der Waals surface area contributed by atoms with E-state index in [-0.39, 0.29) is 11.9 Å². The summed E-state index contributed by atoms with van der Waals surface area (Å²) >= 11 is 0. The lowest BCUT2D eigenvalue weighted by molar-refractivity contribution is 0.199. The molecule has 0 aromatic carbocycles. The van der Waals surface area contributed by atoms with Gasteiger partial charge in [0.25, 0.3) is 0 Å². The van der Waals surface area contributed by atoms with Gasteiger partial charge < -0.3 is 10.3 Å². The zero-order valence-electron chi connectivity index (χ0n) is 6.88. The van der Waals surface area contributed by atoms with Gasteiger partial charge in [0.2, 0.25) is 11.9 Å². The Morgan fingerprint density at radius 1 is 1.43 bits per heavy atom. The number of nitrogens with zero attached hydrogens (tertiary/aromatic N) is 3. The number of carboxylic acid groups (broad SMARTS) is 1. The van der Waals surface area contributed by atoms with E-state index >= 15 is 0 Å². The van der Waals surface area contributed by atoms with Crippen LogP contribution in [0.1, 0.15) is 0 Å². The predicted molar refractivity (Wildman–Crippen MR) is 46.0 cm³/mol. The molecule has 1 heterocycles. The third-order valence-corrected chi connectivity index (χ3v) is 1.12. The number of oxime groups is 1. The van der Waals surface area contributed by atoms with E-state index < -0.39 is 6.09 Å². The fourth-order valence-corrected chi connectivity index (χ4v) is 0.652. The Labute approximate surface area is 78.3 Å². The zero-order valence-corrected chi connectivity index (χ0v) is 6.88. The van der Waals surface area contributed by atoms with Gasteiger partial charge in [0, 0.05) is 12.4 Å². The summed E-state index contributed by atoms with van der Waals surface area (Å²) in [7, 11) is 0. The maximum atomic E-state index is 10.2. The van der Waals surface area contributed by atoms with E-state index in [1.165, 1.54) is 12.4 Å². The number of anilines is 1. The van der Waals surface area contributed by atoms with E-state index in [1.54, 1.807) is 11.4 Å². The van der Waals surface area contributed by atoms with Crippen molar-refractivity contribution in [2.45, 2.75) is 0 Å². The lowest BCUT2D eigenvalue weighted by Gasteiger charge is -2.04. The van der Waals surface area contributed by atoms with Gasteiger partial charge in [-0.1, -0.05) is 5.16 Å². The minimum atomic E-state index is -1.36. The van der Waals surface area contributed by atoms with Crippen LogP contribution >= 0.6 is 0 Å². The summed E-state index contributed by atoms with van der Waals surface area (Å²) in [4.78, 5) is 17.6. The molecule has 4 N–H and O–H groups in total. The molecule has 0 fully saturated rings. The maximum absolute atomic E-state index is 10.2. The van der Waals surface area contributed by atoms with Gasteiger partial charge in [0.15, 0.2) is 0 Å². The summed E-state index contributed by atoms with van der Waals surface area (Å²) in [5.74, 6) is -0.252. The highest BCUT2D eigenvalue weighted by atomic mass is 16.4. The van der Waals surface area contributed by atoms with Gasteiger partial charge in [-0.05, 0) is 6.07 Å². The molecule has 0 aliphatic carbocycles. The molecule has 8 heteroatoms. The summed E-state index contributed by atoms with van der Waals surface area (Å²) in [5.41, 5.74) is 0. The molecule has 0 saturated heterocycles. The molecule has 0 aliphatic rings. The lowest BCUT2D eigenvalue weighted by atomic mass is 10.7. The van der Waals surface area contributed by atoms with Crippen molar-refractivity contribution in [3.05, 3.63) is 18.5 Å². The van der Waals surface area contributed by atoms with Crippen LogP contribution in [-0.2, 0) is 0 Å². The molecule has 1 rings (SSSR count). The fourth-order valence-electron chi connectivity index (χ4n) is 0.652. The van der Waals surface area contributed by atoms with Crippen LogP contribution in [0, 0.1) is 0 Å². The molecule has 0 radical (unpaired) electrons. The molecule has 0 saturated carbocycles. The Morgan fingerprint density at radius 3 is 2.57 bits per heavy atom. The van der Waals surface area contributed by atoms with Gasteiger partial charge in [0.05, 0.1) is 0 Å². The summed E-state index contributed by atoms with van der Waals surface area (Å²) < 4.78 is 0. The monoisotopic (exact) mass is 197 g/mol. The van der Waals surface area contributed by atoms with Crippen LogP contribution in [0.5, 0.6) is 0 Å². The van der Waals surface area contributed by atoms with Gasteiger partial charge in [-0.15, -0.1) is 0 Å². The largest absolute Gasteiger partial charge is 0.465 e. The number of aromatic nitrogens is 2. The van der Waals surface area contributed by atoms with Crippen LogP contribution in [-0.4, -0.2) is 32.3 Å². The standard InChI is InChI=1S/C6H7N5O3/c12-6(13)10-5(11-14)9-4-7-2-1-3-8-4/h1-3,14H,(H,12,13)(H2,7,8,9,10,11). The number of amides is 1. The van der Waals surface area contributed by atoms with Crippen molar-refractivity contribution in [1.29, 1.82) is 0 Å². The second-order valence-electron chi connectivity index (χ2n) is 2.08. The summed E-state index contributed by atoms with van der Waals surface area (Å²) in [6.45, 7) is 0. The summed E-state index contributed by atoms with van der Waals surface area (Å²) in [6, 6.07) is 1.59. The maximum Gasteiger partial charge on any atom is 0.411 e. The highest BCUT2D eigenvalue weighted by Gasteiger charge is 2.05. The van der Waals surface area contributed by atoms with Crippen LogP contribution in [0.3, 0.4) is 0 Å². The van der Waals surface area contributed by atoms with E-state index in [2.05, 4.69) is 20.4 Å². The highest BCUT2D eigenvalue weighted by Crippen LogP contribution is 1.92.